The Hall–Kier alpha value is -2.44. The van der Waals surface area contributed by atoms with Crippen LogP contribution in [0, 0.1) is 12.9 Å². The standard InChI is InChI=1S/C20H25FN4O2/c1-14-7-12-25-16(13-14)22-18(19(25)21)20(27)24-10-3-2-5-15(24)8-11-23-9-4-6-17(23)26/h7,12-13,15H,2-6,8-11H2,1H3. The largest absolute Gasteiger partial charge is 0.343 e. The second-order valence-corrected chi connectivity index (χ2v) is 7.60. The maximum absolute atomic E-state index is 14.8. The summed E-state index contributed by atoms with van der Waals surface area (Å²) in [7, 11) is 0. The van der Waals surface area contributed by atoms with Gasteiger partial charge in [-0.3, -0.25) is 14.0 Å². The van der Waals surface area contributed by atoms with Gasteiger partial charge in [-0.05, 0) is 56.7 Å². The van der Waals surface area contributed by atoms with Gasteiger partial charge in [-0.2, -0.15) is 4.39 Å². The monoisotopic (exact) mass is 372 g/mol. The van der Waals surface area contributed by atoms with Crippen molar-refractivity contribution in [3.8, 4) is 0 Å². The summed E-state index contributed by atoms with van der Waals surface area (Å²) in [6.07, 6.45) is 6.75. The minimum Gasteiger partial charge on any atom is -0.343 e. The van der Waals surface area contributed by atoms with Crippen LogP contribution in [0.5, 0.6) is 0 Å². The molecule has 2 amide bonds. The minimum absolute atomic E-state index is 0.0330. The van der Waals surface area contributed by atoms with Crippen LogP contribution in [-0.4, -0.2) is 56.7 Å². The lowest BCUT2D eigenvalue weighted by Crippen LogP contribution is -2.45. The summed E-state index contributed by atoms with van der Waals surface area (Å²) in [6.45, 7) is 4.00. The van der Waals surface area contributed by atoms with Crippen molar-refractivity contribution in [3.05, 3.63) is 35.5 Å². The van der Waals surface area contributed by atoms with E-state index < -0.39 is 5.95 Å². The van der Waals surface area contributed by atoms with E-state index in [4.69, 9.17) is 0 Å². The van der Waals surface area contributed by atoms with E-state index in [9.17, 15) is 14.0 Å². The Bertz CT molecular complexity index is 878. The van der Waals surface area contributed by atoms with Crippen LogP contribution in [0.4, 0.5) is 4.39 Å². The fraction of sp³-hybridized carbons (Fsp3) is 0.550. The van der Waals surface area contributed by atoms with Crippen LogP contribution in [0.2, 0.25) is 0 Å². The molecule has 7 heteroatoms. The third kappa shape index (κ3) is 3.42. The first kappa shape index (κ1) is 17.9. The Morgan fingerprint density at radius 3 is 2.93 bits per heavy atom. The van der Waals surface area contributed by atoms with E-state index in [1.54, 1.807) is 23.2 Å². The number of carbonyl (C=O) groups is 2. The van der Waals surface area contributed by atoms with E-state index in [-0.39, 0.29) is 23.6 Å². The number of nitrogens with zero attached hydrogens (tertiary/aromatic N) is 4. The van der Waals surface area contributed by atoms with Gasteiger partial charge in [0.15, 0.2) is 5.69 Å². The molecule has 27 heavy (non-hydrogen) atoms. The average molecular weight is 372 g/mol. The highest BCUT2D eigenvalue weighted by molar-refractivity contribution is 5.93. The molecule has 0 radical (unpaired) electrons. The zero-order valence-electron chi connectivity index (χ0n) is 15.7. The molecule has 0 spiro atoms. The number of likely N-dealkylation sites (tertiary alicyclic amines) is 2. The Morgan fingerprint density at radius 2 is 2.15 bits per heavy atom. The van der Waals surface area contributed by atoms with Crippen LogP contribution in [0.3, 0.4) is 0 Å². The van der Waals surface area contributed by atoms with Crippen LogP contribution in [0.15, 0.2) is 18.3 Å². The number of hydrogen-bond acceptors (Lipinski definition) is 3. The molecule has 0 N–H and O–H groups in total. The van der Waals surface area contributed by atoms with Crippen molar-refractivity contribution >= 4 is 17.5 Å². The maximum Gasteiger partial charge on any atom is 0.277 e. The van der Waals surface area contributed by atoms with E-state index in [2.05, 4.69) is 4.98 Å². The fourth-order valence-electron chi connectivity index (χ4n) is 4.20. The first-order chi connectivity index (χ1) is 13.0. The van der Waals surface area contributed by atoms with Gasteiger partial charge in [0.2, 0.25) is 11.9 Å². The number of fused-ring (bicyclic) bond motifs is 1. The molecular formula is C20H25FN4O2. The number of hydrogen-bond donors (Lipinski definition) is 0. The maximum atomic E-state index is 14.8. The third-order valence-electron chi connectivity index (χ3n) is 5.72. The van der Waals surface area contributed by atoms with Gasteiger partial charge in [0, 0.05) is 38.3 Å². The predicted molar refractivity (Wildman–Crippen MR) is 99.0 cm³/mol. The quantitative estimate of drug-likeness (QED) is 0.829. The molecule has 2 aromatic rings. The molecule has 6 nitrogen and oxygen atoms in total. The van der Waals surface area contributed by atoms with Crippen LogP contribution in [0.25, 0.3) is 5.65 Å². The lowest BCUT2D eigenvalue weighted by molar-refractivity contribution is -0.127. The molecule has 4 rings (SSSR count). The third-order valence-corrected chi connectivity index (χ3v) is 5.72. The zero-order valence-corrected chi connectivity index (χ0v) is 15.7. The Labute approximate surface area is 158 Å². The molecule has 0 aromatic carbocycles. The normalized spacial score (nSPS) is 20.7. The van der Waals surface area contributed by atoms with E-state index in [0.29, 0.717) is 25.2 Å². The van der Waals surface area contributed by atoms with Gasteiger partial charge in [0.25, 0.3) is 5.91 Å². The Kier molecular flexibility index (Phi) is 4.85. The summed E-state index contributed by atoms with van der Waals surface area (Å²) in [5.74, 6) is -0.745. The van der Waals surface area contributed by atoms with Crippen LogP contribution >= 0.6 is 0 Å². The number of imidazole rings is 1. The molecule has 0 bridgehead atoms. The lowest BCUT2D eigenvalue weighted by atomic mass is 9.98. The predicted octanol–water partition coefficient (Wildman–Crippen LogP) is 2.79. The summed E-state index contributed by atoms with van der Waals surface area (Å²) in [5, 5.41) is 0. The smallest absolute Gasteiger partial charge is 0.277 e. The van der Waals surface area contributed by atoms with Crippen LogP contribution in [-0.2, 0) is 4.79 Å². The molecule has 2 aromatic heterocycles. The van der Waals surface area contributed by atoms with Crippen molar-refractivity contribution in [1.82, 2.24) is 19.2 Å². The second-order valence-electron chi connectivity index (χ2n) is 7.60. The molecule has 1 unspecified atom stereocenters. The topological polar surface area (TPSA) is 57.9 Å². The van der Waals surface area contributed by atoms with E-state index in [0.717, 1.165) is 44.2 Å². The summed E-state index contributed by atoms with van der Waals surface area (Å²) < 4.78 is 16.1. The molecule has 2 aliphatic rings. The summed E-state index contributed by atoms with van der Waals surface area (Å²) in [5.41, 5.74) is 1.31. The lowest BCUT2D eigenvalue weighted by Gasteiger charge is -2.36. The molecule has 4 heterocycles. The van der Waals surface area contributed by atoms with Gasteiger partial charge in [-0.25, -0.2) is 4.98 Å². The van der Waals surface area contributed by atoms with Gasteiger partial charge >= 0.3 is 0 Å². The van der Waals surface area contributed by atoms with Crippen molar-refractivity contribution < 1.29 is 14.0 Å². The molecule has 1 atom stereocenters. The zero-order chi connectivity index (χ0) is 19.0. The van der Waals surface area contributed by atoms with E-state index in [1.807, 2.05) is 11.8 Å². The Morgan fingerprint density at radius 1 is 1.30 bits per heavy atom. The van der Waals surface area contributed by atoms with Crippen molar-refractivity contribution in [3.63, 3.8) is 0 Å². The number of halogens is 1. The molecule has 2 saturated heterocycles. The molecule has 2 aliphatic heterocycles. The van der Waals surface area contributed by atoms with Gasteiger partial charge in [-0.1, -0.05) is 0 Å². The van der Waals surface area contributed by atoms with Crippen molar-refractivity contribution in [2.75, 3.05) is 19.6 Å². The van der Waals surface area contributed by atoms with Gasteiger partial charge in [-0.15, -0.1) is 0 Å². The number of aromatic nitrogens is 2. The fourth-order valence-corrected chi connectivity index (χ4v) is 4.20. The summed E-state index contributed by atoms with van der Waals surface area (Å²) in [6, 6.07) is 3.60. The highest BCUT2D eigenvalue weighted by Crippen LogP contribution is 2.24. The molecule has 144 valence electrons. The van der Waals surface area contributed by atoms with Gasteiger partial charge in [0.1, 0.15) is 5.65 Å². The number of piperidine rings is 1. The van der Waals surface area contributed by atoms with Crippen LogP contribution in [0.1, 0.15) is 54.6 Å². The Balaban J connectivity index is 1.53. The number of carbonyl (C=O) groups excluding carboxylic acids is 2. The van der Waals surface area contributed by atoms with Crippen molar-refractivity contribution in [2.24, 2.45) is 0 Å². The highest BCUT2D eigenvalue weighted by atomic mass is 19.1. The minimum atomic E-state index is -0.603. The average Bonchev–Trinajstić information content (AvgIpc) is 3.22. The van der Waals surface area contributed by atoms with E-state index in [1.165, 1.54) is 4.40 Å². The molecule has 2 fully saturated rings. The molecular weight excluding hydrogens is 347 g/mol. The number of aryl methyl sites for hydroxylation is 1. The molecule has 0 aliphatic carbocycles. The van der Waals surface area contributed by atoms with E-state index >= 15 is 0 Å². The number of rotatable bonds is 4. The summed E-state index contributed by atoms with van der Waals surface area (Å²) in [4.78, 5) is 32.8. The second kappa shape index (κ2) is 7.29. The van der Waals surface area contributed by atoms with Gasteiger partial charge < -0.3 is 9.80 Å². The molecule has 0 saturated carbocycles. The number of amides is 2. The summed E-state index contributed by atoms with van der Waals surface area (Å²) >= 11 is 0. The first-order valence-electron chi connectivity index (χ1n) is 9.77. The van der Waals surface area contributed by atoms with Crippen molar-refractivity contribution in [1.29, 1.82) is 0 Å². The van der Waals surface area contributed by atoms with Crippen molar-refractivity contribution in [2.45, 2.75) is 51.5 Å². The highest BCUT2D eigenvalue weighted by Gasteiger charge is 2.32. The first-order valence-corrected chi connectivity index (χ1v) is 9.77. The van der Waals surface area contributed by atoms with Gasteiger partial charge in [0.05, 0.1) is 0 Å². The van der Waals surface area contributed by atoms with Crippen LogP contribution < -0.4 is 0 Å². The number of pyridine rings is 1. The SMILES string of the molecule is Cc1ccn2c(F)c(C(=O)N3CCCCC3CCN3CCCC3=O)nc2c1.